The zero-order valence-corrected chi connectivity index (χ0v) is 11.2. The summed E-state index contributed by atoms with van der Waals surface area (Å²) in [5, 5.41) is 19.4. The van der Waals surface area contributed by atoms with E-state index in [1.165, 1.54) is 5.69 Å². The highest BCUT2D eigenvalue weighted by atomic mass is 16.3. The van der Waals surface area contributed by atoms with Gasteiger partial charge in [-0.05, 0) is 37.5 Å². The molecular weight excluding hydrogens is 226 g/mol. The van der Waals surface area contributed by atoms with Crippen LogP contribution in [0.5, 0.6) is 0 Å². The Morgan fingerprint density at radius 1 is 1.28 bits per heavy atom. The van der Waals surface area contributed by atoms with E-state index in [9.17, 15) is 10.2 Å². The van der Waals surface area contributed by atoms with Gasteiger partial charge in [-0.25, -0.2) is 0 Å². The van der Waals surface area contributed by atoms with E-state index < -0.39 is 0 Å². The SMILES string of the molecule is CC[C@@H](O)c1ccc(N2CCC(C(C)O)C2)cc1. The van der Waals surface area contributed by atoms with Gasteiger partial charge in [0, 0.05) is 24.7 Å². The van der Waals surface area contributed by atoms with Gasteiger partial charge in [-0.1, -0.05) is 19.1 Å². The Hall–Kier alpha value is -1.06. The molecule has 1 saturated heterocycles. The fraction of sp³-hybridized carbons (Fsp3) is 0.600. The van der Waals surface area contributed by atoms with Crippen LogP contribution in [0.2, 0.25) is 0 Å². The summed E-state index contributed by atoms with van der Waals surface area (Å²) in [6.07, 6.45) is 1.21. The fourth-order valence-corrected chi connectivity index (χ4v) is 2.56. The van der Waals surface area contributed by atoms with Gasteiger partial charge in [0.15, 0.2) is 0 Å². The van der Waals surface area contributed by atoms with Gasteiger partial charge in [-0.3, -0.25) is 0 Å². The van der Waals surface area contributed by atoms with Gasteiger partial charge in [0.25, 0.3) is 0 Å². The number of nitrogens with zero attached hydrogens (tertiary/aromatic N) is 1. The van der Waals surface area contributed by atoms with Crippen LogP contribution in [0.1, 0.15) is 38.4 Å². The van der Waals surface area contributed by atoms with E-state index in [0.717, 1.165) is 31.5 Å². The van der Waals surface area contributed by atoms with Crippen molar-refractivity contribution in [2.75, 3.05) is 18.0 Å². The normalized spacial score (nSPS) is 23.1. The molecule has 3 nitrogen and oxygen atoms in total. The summed E-state index contributed by atoms with van der Waals surface area (Å²) in [5.74, 6) is 0.380. The molecule has 1 aliphatic rings. The van der Waals surface area contributed by atoms with Crippen LogP contribution in [0.4, 0.5) is 5.69 Å². The third-order valence-electron chi connectivity index (χ3n) is 3.94. The van der Waals surface area contributed by atoms with Gasteiger partial charge in [0.05, 0.1) is 12.2 Å². The molecule has 0 saturated carbocycles. The highest BCUT2D eigenvalue weighted by Crippen LogP contribution is 2.27. The van der Waals surface area contributed by atoms with E-state index in [1.807, 2.05) is 26.0 Å². The molecule has 100 valence electrons. The first-order valence-corrected chi connectivity index (χ1v) is 6.83. The molecule has 1 aromatic carbocycles. The maximum atomic E-state index is 9.75. The predicted molar refractivity (Wildman–Crippen MR) is 73.7 cm³/mol. The molecule has 2 rings (SSSR count). The molecule has 0 amide bonds. The topological polar surface area (TPSA) is 43.7 Å². The molecule has 0 radical (unpaired) electrons. The molecule has 0 spiro atoms. The van der Waals surface area contributed by atoms with Crippen molar-refractivity contribution in [1.29, 1.82) is 0 Å². The van der Waals surface area contributed by atoms with E-state index in [-0.39, 0.29) is 12.2 Å². The maximum absolute atomic E-state index is 9.75. The molecule has 2 unspecified atom stereocenters. The molecule has 1 aliphatic heterocycles. The van der Waals surface area contributed by atoms with E-state index in [4.69, 9.17) is 0 Å². The molecule has 1 aromatic rings. The van der Waals surface area contributed by atoms with Crippen LogP contribution in [-0.4, -0.2) is 29.4 Å². The number of hydrogen-bond donors (Lipinski definition) is 2. The Morgan fingerprint density at radius 2 is 1.94 bits per heavy atom. The van der Waals surface area contributed by atoms with Crippen LogP contribution < -0.4 is 4.90 Å². The van der Waals surface area contributed by atoms with Crippen molar-refractivity contribution < 1.29 is 10.2 Å². The Balaban J connectivity index is 2.02. The smallest absolute Gasteiger partial charge is 0.0787 e. The molecular formula is C15H23NO2. The zero-order valence-electron chi connectivity index (χ0n) is 11.2. The summed E-state index contributed by atoms with van der Waals surface area (Å²) in [6, 6.07) is 8.13. The lowest BCUT2D eigenvalue weighted by atomic mass is 10.0. The Morgan fingerprint density at radius 3 is 2.44 bits per heavy atom. The van der Waals surface area contributed by atoms with Gasteiger partial charge in [-0.2, -0.15) is 0 Å². The molecule has 0 aliphatic carbocycles. The van der Waals surface area contributed by atoms with Crippen molar-refractivity contribution >= 4 is 5.69 Å². The Kier molecular flexibility index (Phi) is 4.25. The van der Waals surface area contributed by atoms with E-state index >= 15 is 0 Å². The lowest BCUT2D eigenvalue weighted by Gasteiger charge is -2.20. The van der Waals surface area contributed by atoms with Crippen LogP contribution in [0.3, 0.4) is 0 Å². The summed E-state index contributed by atoms with van der Waals surface area (Å²) >= 11 is 0. The number of rotatable bonds is 4. The minimum atomic E-state index is -0.358. The number of benzene rings is 1. The van der Waals surface area contributed by atoms with Crippen LogP contribution in [0.15, 0.2) is 24.3 Å². The average Bonchev–Trinajstić information content (AvgIpc) is 2.88. The minimum absolute atomic E-state index is 0.226. The Bertz CT molecular complexity index is 375. The summed E-state index contributed by atoms with van der Waals surface area (Å²) < 4.78 is 0. The van der Waals surface area contributed by atoms with Crippen molar-refractivity contribution in [2.24, 2.45) is 5.92 Å². The number of anilines is 1. The summed E-state index contributed by atoms with van der Waals surface area (Å²) in [4.78, 5) is 2.31. The fourth-order valence-electron chi connectivity index (χ4n) is 2.56. The Labute approximate surface area is 109 Å². The van der Waals surface area contributed by atoms with Gasteiger partial charge >= 0.3 is 0 Å². The third-order valence-corrected chi connectivity index (χ3v) is 3.94. The van der Waals surface area contributed by atoms with E-state index in [0.29, 0.717) is 5.92 Å². The largest absolute Gasteiger partial charge is 0.393 e. The van der Waals surface area contributed by atoms with Gasteiger partial charge in [0.2, 0.25) is 0 Å². The summed E-state index contributed by atoms with van der Waals surface area (Å²) in [5.41, 5.74) is 2.16. The third kappa shape index (κ3) is 2.85. The highest BCUT2D eigenvalue weighted by molar-refractivity contribution is 5.48. The molecule has 18 heavy (non-hydrogen) atoms. The van der Waals surface area contributed by atoms with Crippen molar-refractivity contribution in [3.8, 4) is 0 Å². The summed E-state index contributed by atoms with van der Waals surface area (Å²) in [7, 11) is 0. The predicted octanol–water partition coefficient (Wildman–Crippen LogP) is 2.34. The summed E-state index contributed by atoms with van der Waals surface area (Å²) in [6.45, 7) is 5.78. The highest BCUT2D eigenvalue weighted by Gasteiger charge is 2.26. The first-order valence-electron chi connectivity index (χ1n) is 6.83. The van der Waals surface area contributed by atoms with Crippen molar-refractivity contribution in [1.82, 2.24) is 0 Å². The minimum Gasteiger partial charge on any atom is -0.393 e. The lowest BCUT2D eigenvalue weighted by Crippen LogP contribution is -2.23. The lowest BCUT2D eigenvalue weighted by molar-refractivity contribution is 0.136. The molecule has 1 heterocycles. The first-order chi connectivity index (χ1) is 8.61. The van der Waals surface area contributed by atoms with Crippen LogP contribution in [-0.2, 0) is 0 Å². The standard InChI is InChI=1S/C15H23NO2/c1-3-15(18)12-4-6-14(7-5-12)16-9-8-13(10-16)11(2)17/h4-7,11,13,15,17-18H,3,8-10H2,1-2H3/t11?,13?,15-/m1/s1. The van der Waals surface area contributed by atoms with Gasteiger partial charge in [-0.15, -0.1) is 0 Å². The van der Waals surface area contributed by atoms with E-state index in [1.54, 1.807) is 0 Å². The van der Waals surface area contributed by atoms with E-state index in [2.05, 4.69) is 17.0 Å². The zero-order chi connectivity index (χ0) is 13.1. The van der Waals surface area contributed by atoms with Crippen molar-refractivity contribution in [3.05, 3.63) is 29.8 Å². The second kappa shape index (κ2) is 5.72. The molecule has 0 bridgehead atoms. The number of aliphatic hydroxyl groups is 2. The van der Waals surface area contributed by atoms with Crippen LogP contribution >= 0.6 is 0 Å². The van der Waals surface area contributed by atoms with Crippen LogP contribution in [0.25, 0.3) is 0 Å². The van der Waals surface area contributed by atoms with Gasteiger partial charge in [0.1, 0.15) is 0 Å². The maximum Gasteiger partial charge on any atom is 0.0787 e. The number of aliphatic hydroxyl groups excluding tert-OH is 2. The first kappa shape index (κ1) is 13.4. The molecule has 1 fully saturated rings. The van der Waals surface area contributed by atoms with Crippen molar-refractivity contribution in [3.63, 3.8) is 0 Å². The monoisotopic (exact) mass is 249 g/mol. The van der Waals surface area contributed by atoms with Crippen molar-refractivity contribution in [2.45, 2.75) is 38.9 Å². The molecule has 2 N–H and O–H groups in total. The molecule has 3 atom stereocenters. The molecule has 3 heteroatoms. The van der Waals surface area contributed by atoms with Gasteiger partial charge < -0.3 is 15.1 Å². The average molecular weight is 249 g/mol. The molecule has 0 aromatic heterocycles. The quantitative estimate of drug-likeness (QED) is 0.861. The number of hydrogen-bond acceptors (Lipinski definition) is 3. The van der Waals surface area contributed by atoms with Crippen LogP contribution in [0, 0.1) is 5.92 Å². The second-order valence-electron chi connectivity index (χ2n) is 5.25. The second-order valence-corrected chi connectivity index (χ2v) is 5.25.